The molecule has 2 unspecified atom stereocenters. The highest BCUT2D eigenvalue weighted by molar-refractivity contribution is 5.80. The average molecular weight is 291 g/mol. The summed E-state index contributed by atoms with van der Waals surface area (Å²) in [6.07, 6.45) is 1.70. The van der Waals surface area contributed by atoms with E-state index in [-0.39, 0.29) is 17.7 Å². The first kappa shape index (κ1) is 15.5. The number of hydrogen-bond donors (Lipinski definition) is 2. The van der Waals surface area contributed by atoms with Crippen molar-refractivity contribution in [2.24, 2.45) is 11.8 Å². The molecule has 0 heterocycles. The molecule has 2 N–H and O–H groups in total. The van der Waals surface area contributed by atoms with E-state index in [1.807, 2.05) is 24.3 Å². The molecule has 1 aliphatic carbocycles. The minimum absolute atomic E-state index is 0.0455. The molecule has 0 radical (unpaired) electrons. The summed E-state index contributed by atoms with van der Waals surface area (Å²) >= 11 is 0. The number of amides is 1. The van der Waals surface area contributed by atoms with E-state index in [0.717, 1.165) is 11.1 Å². The zero-order chi connectivity index (χ0) is 15.2. The molecule has 1 aliphatic rings. The highest BCUT2D eigenvalue weighted by Crippen LogP contribution is 2.31. The topological polar surface area (TPSA) is 75.6 Å². The molecule has 21 heavy (non-hydrogen) atoms. The monoisotopic (exact) mass is 291 g/mol. The van der Waals surface area contributed by atoms with Gasteiger partial charge in [-0.1, -0.05) is 24.3 Å². The third-order valence-corrected chi connectivity index (χ3v) is 3.92. The summed E-state index contributed by atoms with van der Waals surface area (Å²) in [5.41, 5.74) is 2.08. The van der Waals surface area contributed by atoms with Gasteiger partial charge in [-0.3, -0.25) is 9.59 Å². The molecule has 114 valence electrons. The summed E-state index contributed by atoms with van der Waals surface area (Å²) in [7, 11) is 1.65. The molecule has 1 amide bonds. The van der Waals surface area contributed by atoms with Crippen molar-refractivity contribution in [1.82, 2.24) is 5.32 Å². The van der Waals surface area contributed by atoms with Crippen LogP contribution in [0.2, 0.25) is 0 Å². The second-order valence-corrected chi connectivity index (χ2v) is 5.52. The third-order valence-electron chi connectivity index (χ3n) is 3.92. The zero-order valence-corrected chi connectivity index (χ0v) is 12.2. The van der Waals surface area contributed by atoms with Crippen LogP contribution in [0, 0.1) is 11.8 Å². The number of hydrogen-bond acceptors (Lipinski definition) is 3. The molecule has 0 saturated heterocycles. The lowest BCUT2D eigenvalue weighted by Gasteiger charge is -2.11. The SMILES string of the molecule is COCc1cccc(CNC(=O)C2CCC(C(=O)O)C2)c1. The van der Waals surface area contributed by atoms with Gasteiger partial charge in [0.1, 0.15) is 0 Å². The van der Waals surface area contributed by atoms with E-state index in [0.29, 0.717) is 32.4 Å². The number of nitrogens with one attached hydrogen (secondary N) is 1. The smallest absolute Gasteiger partial charge is 0.306 e. The summed E-state index contributed by atoms with van der Waals surface area (Å²) in [6.45, 7) is 1.01. The number of carbonyl (C=O) groups excluding carboxylic acids is 1. The molecule has 2 rings (SSSR count). The summed E-state index contributed by atoms with van der Waals surface area (Å²) in [6, 6.07) is 7.86. The van der Waals surface area contributed by atoms with Crippen molar-refractivity contribution >= 4 is 11.9 Å². The van der Waals surface area contributed by atoms with Gasteiger partial charge in [0.05, 0.1) is 12.5 Å². The van der Waals surface area contributed by atoms with E-state index in [1.165, 1.54) is 0 Å². The van der Waals surface area contributed by atoms with E-state index >= 15 is 0 Å². The Kier molecular flexibility index (Phi) is 5.33. The molecule has 1 fully saturated rings. The summed E-state index contributed by atoms with van der Waals surface area (Å²) in [4.78, 5) is 23.0. The molecule has 5 nitrogen and oxygen atoms in total. The van der Waals surface area contributed by atoms with Gasteiger partial charge in [-0.25, -0.2) is 0 Å². The van der Waals surface area contributed by atoms with Crippen LogP contribution in [0.4, 0.5) is 0 Å². The number of rotatable bonds is 6. The summed E-state index contributed by atoms with van der Waals surface area (Å²) in [5, 5.41) is 11.9. The van der Waals surface area contributed by atoms with Gasteiger partial charge in [-0.2, -0.15) is 0 Å². The lowest BCUT2D eigenvalue weighted by atomic mass is 10.0. The van der Waals surface area contributed by atoms with Crippen LogP contribution < -0.4 is 5.32 Å². The van der Waals surface area contributed by atoms with Gasteiger partial charge in [0.15, 0.2) is 0 Å². The number of aliphatic carboxylic acids is 1. The molecule has 5 heteroatoms. The molecule has 0 spiro atoms. The van der Waals surface area contributed by atoms with Crippen molar-refractivity contribution in [3.63, 3.8) is 0 Å². The van der Waals surface area contributed by atoms with Gasteiger partial charge in [0, 0.05) is 19.6 Å². The molecule has 1 aromatic carbocycles. The first-order chi connectivity index (χ1) is 10.1. The van der Waals surface area contributed by atoms with Gasteiger partial charge in [0.25, 0.3) is 0 Å². The highest BCUT2D eigenvalue weighted by Gasteiger charge is 2.33. The predicted octanol–water partition coefficient (Wildman–Crippen LogP) is 1.95. The number of methoxy groups -OCH3 is 1. The Morgan fingerprint density at radius 1 is 1.29 bits per heavy atom. The van der Waals surface area contributed by atoms with Crippen LogP contribution in [-0.4, -0.2) is 24.1 Å². The molecule has 1 saturated carbocycles. The van der Waals surface area contributed by atoms with Crippen molar-refractivity contribution in [2.75, 3.05) is 7.11 Å². The first-order valence-electron chi connectivity index (χ1n) is 7.17. The Morgan fingerprint density at radius 2 is 2.00 bits per heavy atom. The van der Waals surface area contributed by atoms with Gasteiger partial charge >= 0.3 is 5.97 Å². The van der Waals surface area contributed by atoms with Crippen LogP contribution in [-0.2, 0) is 27.5 Å². The largest absolute Gasteiger partial charge is 0.481 e. The van der Waals surface area contributed by atoms with Crippen molar-refractivity contribution in [1.29, 1.82) is 0 Å². The number of benzene rings is 1. The van der Waals surface area contributed by atoms with Crippen LogP contribution in [0.15, 0.2) is 24.3 Å². The van der Waals surface area contributed by atoms with E-state index in [4.69, 9.17) is 9.84 Å². The maximum absolute atomic E-state index is 12.1. The van der Waals surface area contributed by atoms with Crippen molar-refractivity contribution in [3.8, 4) is 0 Å². The Hall–Kier alpha value is -1.88. The molecule has 0 aliphatic heterocycles. The van der Waals surface area contributed by atoms with Gasteiger partial charge in [-0.15, -0.1) is 0 Å². The van der Waals surface area contributed by atoms with E-state index in [9.17, 15) is 9.59 Å². The van der Waals surface area contributed by atoms with Gasteiger partial charge < -0.3 is 15.2 Å². The molecule has 2 atom stereocenters. The Bertz CT molecular complexity index is 515. The van der Waals surface area contributed by atoms with Crippen molar-refractivity contribution in [3.05, 3.63) is 35.4 Å². The fraction of sp³-hybridized carbons (Fsp3) is 0.500. The second kappa shape index (κ2) is 7.22. The lowest BCUT2D eigenvalue weighted by Crippen LogP contribution is -2.29. The van der Waals surface area contributed by atoms with Crippen LogP contribution >= 0.6 is 0 Å². The molecular weight excluding hydrogens is 270 g/mol. The highest BCUT2D eigenvalue weighted by atomic mass is 16.5. The van der Waals surface area contributed by atoms with Crippen molar-refractivity contribution in [2.45, 2.75) is 32.4 Å². The Balaban J connectivity index is 1.84. The summed E-state index contributed by atoms with van der Waals surface area (Å²) < 4.78 is 5.08. The Morgan fingerprint density at radius 3 is 2.67 bits per heavy atom. The minimum Gasteiger partial charge on any atom is -0.481 e. The fourth-order valence-corrected chi connectivity index (χ4v) is 2.77. The molecular formula is C16H21NO4. The summed E-state index contributed by atoms with van der Waals surface area (Å²) in [5.74, 6) is -1.38. The number of ether oxygens (including phenoxy) is 1. The zero-order valence-electron chi connectivity index (χ0n) is 12.2. The third kappa shape index (κ3) is 4.29. The molecule has 0 bridgehead atoms. The van der Waals surface area contributed by atoms with E-state index in [2.05, 4.69) is 5.32 Å². The van der Waals surface area contributed by atoms with Crippen molar-refractivity contribution < 1.29 is 19.4 Å². The minimum atomic E-state index is -0.794. The van der Waals surface area contributed by atoms with Gasteiger partial charge in [0.2, 0.25) is 5.91 Å². The maximum atomic E-state index is 12.1. The number of carbonyl (C=O) groups is 2. The van der Waals surface area contributed by atoms with Crippen LogP contribution in [0.3, 0.4) is 0 Å². The van der Waals surface area contributed by atoms with E-state index < -0.39 is 5.97 Å². The maximum Gasteiger partial charge on any atom is 0.306 e. The predicted molar refractivity (Wildman–Crippen MR) is 77.5 cm³/mol. The number of carboxylic acids is 1. The number of carboxylic acid groups (broad SMARTS) is 1. The van der Waals surface area contributed by atoms with E-state index in [1.54, 1.807) is 7.11 Å². The molecule has 0 aromatic heterocycles. The van der Waals surface area contributed by atoms with Crippen LogP contribution in [0.5, 0.6) is 0 Å². The van der Waals surface area contributed by atoms with Crippen LogP contribution in [0.1, 0.15) is 30.4 Å². The first-order valence-corrected chi connectivity index (χ1v) is 7.17. The van der Waals surface area contributed by atoms with Crippen LogP contribution in [0.25, 0.3) is 0 Å². The Labute approximate surface area is 124 Å². The lowest BCUT2D eigenvalue weighted by molar-refractivity contribution is -0.141. The van der Waals surface area contributed by atoms with Gasteiger partial charge in [-0.05, 0) is 30.4 Å². The molecule has 1 aromatic rings. The standard InChI is InChI=1S/C16H21NO4/c1-21-10-12-4-2-3-11(7-12)9-17-15(18)13-5-6-14(8-13)16(19)20/h2-4,7,13-14H,5-6,8-10H2,1H3,(H,17,18)(H,19,20). The average Bonchev–Trinajstić information content (AvgIpc) is 2.96. The quantitative estimate of drug-likeness (QED) is 0.840. The second-order valence-electron chi connectivity index (χ2n) is 5.52. The fourth-order valence-electron chi connectivity index (χ4n) is 2.77. The normalized spacial score (nSPS) is 21.2.